The van der Waals surface area contributed by atoms with E-state index in [0.29, 0.717) is 27.7 Å². The molecule has 1 N–H and O–H groups in total. The van der Waals surface area contributed by atoms with Gasteiger partial charge in [-0.15, -0.1) is 0 Å². The van der Waals surface area contributed by atoms with Crippen LogP contribution in [0.15, 0.2) is 71.6 Å². The molecular formula is C31H37Cl2N3O4S. The number of amides is 2. The third-order valence-electron chi connectivity index (χ3n) is 6.95. The largest absolute Gasteiger partial charge is 0.352 e. The van der Waals surface area contributed by atoms with Gasteiger partial charge in [0, 0.05) is 22.6 Å². The van der Waals surface area contributed by atoms with Crippen LogP contribution in [0, 0.1) is 13.8 Å². The number of aryl methyl sites for hydroxylation is 2. The Labute approximate surface area is 253 Å². The Morgan fingerprint density at radius 1 is 0.878 bits per heavy atom. The monoisotopic (exact) mass is 617 g/mol. The Morgan fingerprint density at radius 2 is 1.46 bits per heavy atom. The lowest BCUT2D eigenvalue weighted by Crippen LogP contribution is -2.53. The van der Waals surface area contributed by atoms with Gasteiger partial charge in [-0.05, 0) is 75.6 Å². The molecule has 0 fully saturated rings. The van der Waals surface area contributed by atoms with Crippen molar-refractivity contribution in [1.82, 2.24) is 10.2 Å². The first-order valence-corrected chi connectivity index (χ1v) is 15.8. The van der Waals surface area contributed by atoms with Crippen LogP contribution in [0.4, 0.5) is 5.69 Å². The van der Waals surface area contributed by atoms with E-state index in [1.54, 1.807) is 54.6 Å². The molecule has 0 spiro atoms. The van der Waals surface area contributed by atoms with Gasteiger partial charge in [0.15, 0.2) is 0 Å². The van der Waals surface area contributed by atoms with Gasteiger partial charge in [-0.3, -0.25) is 13.9 Å². The first kappa shape index (κ1) is 32.4. The standard InChI is InChI=1S/C31H37Cl2N3O4S/c1-6-23(5)34-31(38)29(7-2)35(19-24-12-13-25(32)18-28(24)33)30(37)20-36(26-14-8-21(3)9-15-26)41(39,40)27-16-10-22(4)11-17-27/h8-18,23,29H,6-7,19-20H2,1-5H3,(H,34,38)/t23-,29+/m0/s1. The molecule has 2 amide bonds. The third-order valence-corrected chi connectivity index (χ3v) is 9.33. The first-order valence-electron chi connectivity index (χ1n) is 13.6. The average Bonchev–Trinajstić information content (AvgIpc) is 2.93. The maximum Gasteiger partial charge on any atom is 0.264 e. The molecule has 10 heteroatoms. The first-order chi connectivity index (χ1) is 19.4. The number of sulfonamides is 1. The van der Waals surface area contributed by atoms with Crippen LogP contribution in [0.2, 0.25) is 10.0 Å². The predicted molar refractivity (Wildman–Crippen MR) is 166 cm³/mol. The number of halogens is 2. The van der Waals surface area contributed by atoms with E-state index in [0.717, 1.165) is 21.9 Å². The molecule has 3 aromatic carbocycles. The van der Waals surface area contributed by atoms with Crippen molar-refractivity contribution in [3.05, 3.63) is 93.5 Å². The normalized spacial score (nSPS) is 12.9. The minimum absolute atomic E-state index is 0.00636. The summed E-state index contributed by atoms with van der Waals surface area (Å²) >= 11 is 12.6. The van der Waals surface area contributed by atoms with Gasteiger partial charge in [-0.1, -0.05) is 78.5 Å². The van der Waals surface area contributed by atoms with E-state index >= 15 is 0 Å². The number of hydrogen-bond donors (Lipinski definition) is 1. The smallest absolute Gasteiger partial charge is 0.264 e. The van der Waals surface area contributed by atoms with E-state index in [2.05, 4.69) is 5.32 Å². The van der Waals surface area contributed by atoms with Gasteiger partial charge in [0.2, 0.25) is 11.8 Å². The summed E-state index contributed by atoms with van der Waals surface area (Å²) in [6, 6.07) is 17.4. The van der Waals surface area contributed by atoms with Crippen LogP contribution in [-0.2, 0) is 26.2 Å². The summed E-state index contributed by atoms with van der Waals surface area (Å²) in [5.74, 6) is -0.859. The van der Waals surface area contributed by atoms with E-state index < -0.39 is 28.5 Å². The Morgan fingerprint density at radius 3 is 2.00 bits per heavy atom. The van der Waals surface area contributed by atoms with Crippen molar-refractivity contribution in [1.29, 1.82) is 0 Å². The maximum atomic E-state index is 14.1. The van der Waals surface area contributed by atoms with Crippen molar-refractivity contribution < 1.29 is 18.0 Å². The van der Waals surface area contributed by atoms with E-state index in [1.165, 1.54) is 17.0 Å². The van der Waals surface area contributed by atoms with Gasteiger partial charge in [0.25, 0.3) is 10.0 Å². The van der Waals surface area contributed by atoms with Gasteiger partial charge in [0.05, 0.1) is 10.6 Å². The highest BCUT2D eigenvalue weighted by atomic mass is 35.5. The number of hydrogen-bond acceptors (Lipinski definition) is 4. The predicted octanol–water partition coefficient (Wildman–Crippen LogP) is 6.53. The average molecular weight is 619 g/mol. The fraction of sp³-hybridized carbons (Fsp3) is 0.355. The van der Waals surface area contributed by atoms with E-state index in [4.69, 9.17) is 23.2 Å². The Balaban J connectivity index is 2.08. The van der Waals surface area contributed by atoms with E-state index in [1.807, 2.05) is 34.6 Å². The Kier molecular flexibility index (Phi) is 11.2. The van der Waals surface area contributed by atoms with Gasteiger partial charge in [-0.2, -0.15) is 0 Å². The molecule has 0 aromatic heterocycles. The van der Waals surface area contributed by atoms with Crippen LogP contribution in [0.1, 0.15) is 50.3 Å². The molecule has 7 nitrogen and oxygen atoms in total. The number of nitrogens with one attached hydrogen (secondary N) is 1. The zero-order chi connectivity index (χ0) is 30.3. The molecule has 41 heavy (non-hydrogen) atoms. The molecule has 2 atom stereocenters. The molecule has 0 saturated heterocycles. The minimum Gasteiger partial charge on any atom is -0.352 e. The summed E-state index contributed by atoms with van der Waals surface area (Å²) in [7, 11) is -4.13. The Hall–Kier alpha value is -3.07. The van der Waals surface area contributed by atoms with Crippen molar-refractivity contribution in [3.8, 4) is 0 Å². The number of anilines is 1. The van der Waals surface area contributed by atoms with Crippen LogP contribution in [-0.4, -0.2) is 43.8 Å². The molecule has 0 radical (unpaired) electrons. The molecule has 0 aliphatic heterocycles. The van der Waals surface area contributed by atoms with Crippen molar-refractivity contribution in [2.45, 2.75) is 71.0 Å². The minimum atomic E-state index is -4.13. The maximum absolute atomic E-state index is 14.1. The van der Waals surface area contributed by atoms with Crippen LogP contribution in [0.5, 0.6) is 0 Å². The van der Waals surface area contributed by atoms with Gasteiger partial charge < -0.3 is 10.2 Å². The topological polar surface area (TPSA) is 86.8 Å². The lowest BCUT2D eigenvalue weighted by molar-refractivity contribution is -0.140. The Bertz CT molecular complexity index is 1460. The number of nitrogens with zero attached hydrogens (tertiary/aromatic N) is 2. The van der Waals surface area contributed by atoms with E-state index in [-0.39, 0.29) is 23.4 Å². The number of rotatable bonds is 12. The van der Waals surface area contributed by atoms with Crippen molar-refractivity contribution >= 4 is 50.7 Å². The SMILES string of the molecule is CC[C@H](C(=O)N[C@@H](C)CC)N(Cc1ccc(Cl)cc1Cl)C(=O)CN(c1ccc(C)cc1)S(=O)(=O)c1ccc(C)cc1. The summed E-state index contributed by atoms with van der Waals surface area (Å²) in [4.78, 5) is 29.0. The molecule has 0 unspecified atom stereocenters. The molecule has 3 aromatic rings. The molecule has 0 saturated carbocycles. The zero-order valence-corrected chi connectivity index (χ0v) is 26.4. The summed E-state index contributed by atoms with van der Waals surface area (Å²) < 4.78 is 29.0. The lowest BCUT2D eigenvalue weighted by atomic mass is 10.1. The molecule has 0 heterocycles. The summed E-state index contributed by atoms with van der Waals surface area (Å²) in [5, 5.41) is 3.74. The van der Waals surface area contributed by atoms with Gasteiger partial charge in [0.1, 0.15) is 12.6 Å². The highest BCUT2D eigenvalue weighted by Gasteiger charge is 2.34. The van der Waals surface area contributed by atoms with Crippen LogP contribution >= 0.6 is 23.2 Å². The highest BCUT2D eigenvalue weighted by Crippen LogP contribution is 2.27. The highest BCUT2D eigenvalue weighted by molar-refractivity contribution is 7.92. The number of carbonyl (C=O) groups is 2. The third kappa shape index (κ3) is 8.24. The fourth-order valence-corrected chi connectivity index (χ4v) is 6.15. The van der Waals surface area contributed by atoms with Crippen LogP contribution in [0.3, 0.4) is 0 Å². The van der Waals surface area contributed by atoms with Gasteiger partial charge in [-0.25, -0.2) is 8.42 Å². The molecule has 220 valence electrons. The summed E-state index contributed by atoms with van der Waals surface area (Å²) in [5.41, 5.74) is 2.78. The summed E-state index contributed by atoms with van der Waals surface area (Å²) in [6.45, 7) is 8.90. The molecular weight excluding hydrogens is 581 g/mol. The van der Waals surface area contributed by atoms with Crippen molar-refractivity contribution in [2.75, 3.05) is 10.8 Å². The quantitative estimate of drug-likeness (QED) is 0.250. The fourth-order valence-electron chi connectivity index (χ4n) is 4.27. The second-order valence-corrected chi connectivity index (χ2v) is 12.9. The summed E-state index contributed by atoms with van der Waals surface area (Å²) in [6.07, 6.45) is 1.03. The molecule has 0 bridgehead atoms. The van der Waals surface area contributed by atoms with Gasteiger partial charge >= 0.3 is 0 Å². The second-order valence-electron chi connectivity index (χ2n) is 10.2. The number of carbonyl (C=O) groups excluding carboxylic acids is 2. The second kappa shape index (κ2) is 14.2. The zero-order valence-electron chi connectivity index (χ0n) is 24.0. The molecule has 0 aliphatic rings. The molecule has 0 aliphatic carbocycles. The van der Waals surface area contributed by atoms with Crippen molar-refractivity contribution in [3.63, 3.8) is 0 Å². The van der Waals surface area contributed by atoms with Crippen LogP contribution < -0.4 is 9.62 Å². The molecule has 3 rings (SSSR count). The lowest BCUT2D eigenvalue weighted by Gasteiger charge is -2.34. The van der Waals surface area contributed by atoms with Crippen molar-refractivity contribution in [2.24, 2.45) is 0 Å². The van der Waals surface area contributed by atoms with E-state index in [9.17, 15) is 18.0 Å². The van der Waals surface area contributed by atoms with Crippen LogP contribution in [0.25, 0.3) is 0 Å². The number of benzene rings is 3.